The summed E-state index contributed by atoms with van der Waals surface area (Å²) in [6, 6.07) is 3.63. The van der Waals surface area contributed by atoms with E-state index in [2.05, 4.69) is 20.9 Å². The zero-order chi connectivity index (χ0) is 11.8. The minimum Gasteiger partial charge on any atom is -0.241 e. The summed E-state index contributed by atoms with van der Waals surface area (Å²) >= 11 is 4.75. The Labute approximate surface area is 112 Å². The van der Waals surface area contributed by atoms with E-state index in [4.69, 9.17) is 0 Å². The van der Waals surface area contributed by atoms with Gasteiger partial charge in [0.05, 0.1) is 19.7 Å². The van der Waals surface area contributed by atoms with Crippen LogP contribution in [0, 0.1) is 5.82 Å². The summed E-state index contributed by atoms with van der Waals surface area (Å²) in [4.78, 5) is 4.60. The Morgan fingerprint density at radius 2 is 2.00 bits per heavy atom. The van der Waals surface area contributed by atoms with Crippen molar-refractivity contribution in [3.8, 4) is 0 Å². The number of hydrogen-bond acceptors (Lipinski definition) is 2. The van der Waals surface area contributed by atoms with Crippen LogP contribution in [0.15, 0.2) is 16.6 Å². The predicted molar refractivity (Wildman–Crippen MR) is 73.1 cm³/mol. The van der Waals surface area contributed by atoms with Gasteiger partial charge in [0.25, 0.3) is 0 Å². The highest BCUT2D eigenvalue weighted by Crippen LogP contribution is 2.38. The summed E-state index contributed by atoms with van der Waals surface area (Å²) in [5, 5.41) is 1.12. The molecule has 0 saturated heterocycles. The van der Waals surface area contributed by atoms with Gasteiger partial charge < -0.3 is 0 Å². The molecule has 0 unspecified atom stereocenters. The van der Waals surface area contributed by atoms with Crippen molar-refractivity contribution in [1.29, 1.82) is 0 Å². The van der Waals surface area contributed by atoms with Crippen molar-refractivity contribution in [3.05, 3.63) is 27.4 Å². The molecule has 0 N–H and O–H groups in total. The van der Waals surface area contributed by atoms with Gasteiger partial charge in [-0.2, -0.15) is 0 Å². The number of aromatic nitrogens is 1. The average Bonchev–Trinajstić information content (AvgIpc) is 2.80. The highest BCUT2D eigenvalue weighted by atomic mass is 79.9. The van der Waals surface area contributed by atoms with Gasteiger partial charge in [0.1, 0.15) is 0 Å². The highest BCUT2D eigenvalue weighted by Gasteiger charge is 2.20. The Morgan fingerprint density at radius 3 is 2.76 bits per heavy atom. The molecule has 1 nitrogen and oxygen atoms in total. The predicted octanol–water partition coefficient (Wildman–Crippen LogP) is 5.25. The normalized spacial score (nSPS) is 17.8. The molecule has 17 heavy (non-hydrogen) atoms. The topological polar surface area (TPSA) is 12.9 Å². The first kappa shape index (κ1) is 11.6. The summed E-state index contributed by atoms with van der Waals surface area (Å²) in [6.07, 6.45) is 6.33. The SMILES string of the molecule is Fc1c(Br)ccc2nc(C3CCCCC3)sc12. The third-order valence-corrected chi connectivity index (χ3v) is 5.26. The fraction of sp³-hybridized carbons (Fsp3) is 0.462. The summed E-state index contributed by atoms with van der Waals surface area (Å²) in [6.45, 7) is 0. The van der Waals surface area contributed by atoms with Gasteiger partial charge in [-0.05, 0) is 40.9 Å². The lowest BCUT2D eigenvalue weighted by molar-refractivity contribution is 0.443. The van der Waals surface area contributed by atoms with Crippen molar-refractivity contribution in [2.45, 2.75) is 38.0 Å². The van der Waals surface area contributed by atoms with Crippen LogP contribution in [0.2, 0.25) is 0 Å². The van der Waals surface area contributed by atoms with Gasteiger partial charge in [-0.3, -0.25) is 0 Å². The van der Waals surface area contributed by atoms with Crippen molar-refractivity contribution in [2.75, 3.05) is 0 Å². The summed E-state index contributed by atoms with van der Waals surface area (Å²) in [7, 11) is 0. The molecule has 4 heteroatoms. The molecule has 0 atom stereocenters. The summed E-state index contributed by atoms with van der Waals surface area (Å²) < 4.78 is 15.1. The molecule has 1 aliphatic carbocycles. The molecule has 1 heterocycles. The average molecular weight is 314 g/mol. The van der Waals surface area contributed by atoms with Crippen LogP contribution in [0.25, 0.3) is 10.2 Å². The van der Waals surface area contributed by atoms with Gasteiger partial charge in [-0.1, -0.05) is 19.3 Å². The van der Waals surface area contributed by atoms with Gasteiger partial charge in [0.2, 0.25) is 0 Å². The summed E-state index contributed by atoms with van der Waals surface area (Å²) in [5.41, 5.74) is 0.802. The van der Waals surface area contributed by atoms with Crippen LogP contribution >= 0.6 is 27.3 Å². The largest absolute Gasteiger partial charge is 0.241 e. The van der Waals surface area contributed by atoms with Crippen LogP contribution in [0.3, 0.4) is 0 Å². The molecule has 1 saturated carbocycles. The van der Waals surface area contributed by atoms with Crippen LogP contribution in [0.4, 0.5) is 4.39 Å². The van der Waals surface area contributed by atoms with Crippen LogP contribution in [0.5, 0.6) is 0 Å². The molecular formula is C13H13BrFNS. The second-order valence-corrected chi connectivity index (χ2v) is 6.48. The van der Waals surface area contributed by atoms with Crippen molar-refractivity contribution in [1.82, 2.24) is 4.98 Å². The minimum atomic E-state index is -0.165. The number of thiazole rings is 1. The first-order valence-corrected chi connectivity index (χ1v) is 7.61. The third-order valence-electron chi connectivity index (χ3n) is 3.42. The van der Waals surface area contributed by atoms with Crippen LogP contribution < -0.4 is 0 Å². The molecule has 1 aliphatic rings. The number of rotatable bonds is 1. The first-order valence-electron chi connectivity index (χ1n) is 6.00. The Balaban J connectivity index is 2.04. The molecule has 1 aromatic heterocycles. The van der Waals surface area contributed by atoms with Crippen molar-refractivity contribution >= 4 is 37.5 Å². The van der Waals surface area contributed by atoms with E-state index in [0.717, 1.165) is 10.5 Å². The molecule has 0 aliphatic heterocycles. The Morgan fingerprint density at radius 1 is 1.24 bits per heavy atom. The van der Waals surface area contributed by atoms with Crippen LogP contribution in [-0.4, -0.2) is 4.98 Å². The van der Waals surface area contributed by atoms with Crippen molar-refractivity contribution in [3.63, 3.8) is 0 Å². The van der Waals surface area contributed by atoms with Gasteiger partial charge in [-0.25, -0.2) is 9.37 Å². The lowest BCUT2D eigenvalue weighted by atomic mass is 9.90. The van der Waals surface area contributed by atoms with Gasteiger partial charge >= 0.3 is 0 Å². The number of benzene rings is 1. The third kappa shape index (κ3) is 2.13. The maximum absolute atomic E-state index is 13.9. The van der Waals surface area contributed by atoms with Crippen LogP contribution in [-0.2, 0) is 0 Å². The Bertz CT molecular complexity index is 546. The zero-order valence-electron chi connectivity index (χ0n) is 9.38. The smallest absolute Gasteiger partial charge is 0.156 e. The van der Waals surface area contributed by atoms with E-state index in [1.807, 2.05) is 6.07 Å². The first-order chi connectivity index (χ1) is 8.25. The lowest BCUT2D eigenvalue weighted by Crippen LogP contribution is -2.03. The van der Waals surface area contributed by atoms with Crippen LogP contribution in [0.1, 0.15) is 43.0 Å². The Kier molecular flexibility index (Phi) is 3.17. The fourth-order valence-electron chi connectivity index (χ4n) is 2.48. The van der Waals surface area contributed by atoms with E-state index in [0.29, 0.717) is 15.1 Å². The number of nitrogens with zero attached hydrogens (tertiary/aromatic N) is 1. The summed E-state index contributed by atoms with van der Waals surface area (Å²) in [5.74, 6) is 0.390. The van der Waals surface area contributed by atoms with E-state index in [1.165, 1.54) is 43.4 Å². The second-order valence-electron chi connectivity index (χ2n) is 4.60. The van der Waals surface area contributed by atoms with E-state index >= 15 is 0 Å². The van der Waals surface area contributed by atoms with E-state index < -0.39 is 0 Å². The molecule has 0 radical (unpaired) electrons. The molecule has 3 rings (SSSR count). The zero-order valence-corrected chi connectivity index (χ0v) is 11.8. The molecular weight excluding hydrogens is 301 g/mol. The monoisotopic (exact) mass is 313 g/mol. The highest BCUT2D eigenvalue weighted by molar-refractivity contribution is 9.10. The fourth-order valence-corrected chi connectivity index (χ4v) is 4.11. The molecule has 2 aromatic rings. The molecule has 1 aromatic carbocycles. The molecule has 0 bridgehead atoms. The van der Waals surface area contributed by atoms with Crippen molar-refractivity contribution in [2.24, 2.45) is 0 Å². The molecule has 0 amide bonds. The maximum atomic E-state index is 13.9. The van der Waals surface area contributed by atoms with Crippen molar-refractivity contribution < 1.29 is 4.39 Å². The molecule has 1 fully saturated rings. The number of halogens is 2. The Hall–Kier alpha value is -0.480. The van der Waals surface area contributed by atoms with E-state index in [-0.39, 0.29) is 5.82 Å². The van der Waals surface area contributed by atoms with Gasteiger partial charge in [0, 0.05) is 5.92 Å². The minimum absolute atomic E-state index is 0.165. The van der Waals surface area contributed by atoms with Gasteiger partial charge in [0.15, 0.2) is 5.82 Å². The standard InChI is InChI=1S/C13H13BrFNS/c14-9-6-7-10-12(11(9)15)17-13(16-10)8-4-2-1-3-5-8/h6-8H,1-5H2. The maximum Gasteiger partial charge on any atom is 0.156 e. The molecule has 0 spiro atoms. The van der Waals surface area contributed by atoms with Gasteiger partial charge in [-0.15, -0.1) is 11.3 Å². The number of hydrogen-bond donors (Lipinski definition) is 0. The molecule has 90 valence electrons. The quantitative estimate of drug-likeness (QED) is 0.701. The van der Waals surface area contributed by atoms with E-state index in [1.54, 1.807) is 6.07 Å². The lowest BCUT2D eigenvalue weighted by Gasteiger charge is -2.18. The second kappa shape index (κ2) is 4.65. The van der Waals surface area contributed by atoms with E-state index in [9.17, 15) is 4.39 Å². The number of fused-ring (bicyclic) bond motifs is 1.